The van der Waals surface area contributed by atoms with Gasteiger partial charge in [0.05, 0.1) is 11.3 Å². The summed E-state index contributed by atoms with van der Waals surface area (Å²) in [6.07, 6.45) is -2.47. The van der Waals surface area contributed by atoms with Crippen molar-refractivity contribution in [3.8, 4) is 22.5 Å². The average Bonchev–Trinajstić information content (AvgIpc) is 3.14. The molecule has 3 aromatic rings. The van der Waals surface area contributed by atoms with Crippen LogP contribution in [0.1, 0.15) is 16.1 Å². The molecule has 0 bridgehead atoms. The zero-order chi connectivity index (χ0) is 21.9. The van der Waals surface area contributed by atoms with E-state index in [2.05, 4.69) is 15.3 Å². The minimum Gasteiger partial charge on any atom is -0.475 e. The number of pyridine rings is 1. The summed E-state index contributed by atoms with van der Waals surface area (Å²) < 4.78 is 31.7. The molecule has 5 N–H and O–H groups in total. The lowest BCUT2D eigenvalue weighted by Crippen LogP contribution is -2.31. The second kappa shape index (κ2) is 8.27. The molecule has 1 aliphatic rings. The number of benzene rings is 1. The minimum absolute atomic E-state index is 0.0124. The maximum Gasteiger partial charge on any atom is 0.490 e. The third kappa shape index (κ3) is 4.77. The van der Waals surface area contributed by atoms with Crippen LogP contribution in [0.2, 0.25) is 0 Å². The highest BCUT2D eigenvalue weighted by atomic mass is 19.4. The van der Waals surface area contributed by atoms with Crippen LogP contribution in [0.15, 0.2) is 48.7 Å². The maximum atomic E-state index is 11.9. The number of aliphatic carboxylic acids is 1. The van der Waals surface area contributed by atoms with Gasteiger partial charge in [-0.25, -0.2) is 4.79 Å². The van der Waals surface area contributed by atoms with Crippen molar-refractivity contribution in [3.05, 3.63) is 59.9 Å². The molecule has 1 aliphatic heterocycles. The molecule has 0 spiro atoms. The van der Waals surface area contributed by atoms with Crippen LogP contribution < -0.4 is 11.1 Å². The van der Waals surface area contributed by atoms with Gasteiger partial charge >= 0.3 is 12.1 Å². The number of halogens is 3. The number of nitrogens with one attached hydrogen (secondary N) is 2. The number of rotatable bonds is 2. The third-order valence-corrected chi connectivity index (χ3v) is 4.32. The van der Waals surface area contributed by atoms with E-state index in [1.807, 2.05) is 42.5 Å². The van der Waals surface area contributed by atoms with Gasteiger partial charge in [-0.2, -0.15) is 13.2 Å². The van der Waals surface area contributed by atoms with Crippen LogP contribution in [0.25, 0.3) is 22.5 Å². The number of anilines is 1. The van der Waals surface area contributed by atoms with Gasteiger partial charge in [-0.1, -0.05) is 12.1 Å². The molecule has 0 fully saturated rings. The summed E-state index contributed by atoms with van der Waals surface area (Å²) in [6, 6.07) is 13.5. The Morgan fingerprint density at radius 3 is 2.37 bits per heavy atom. The van der Waals surface area contributed by atoms with E-state index in [1.165, 1.54) is 0 Å². The molecule has 0 radical (unpaired) electrons. The zero-order valence-corrected chi connectivity index (χ0v) is 15.5. The third-order valence-electron chi connectivity index (χ3n) is 4.32. The predicted octanol–water partition coefficient (Wildman–Crippen LogP) is 3.25. The smallest absolute Gasteiger partial charge is 0.475 e. The number of alkyl halides is 3. The quantitative estimate of drug-likeness (QED) is 0.476. The molecule has 7 nitrogen and oxygen atoms in total. The van der Waals surface area contributed by atoms with Crippen molar-refractivity contribution in [1.82, 2.24) is 15.3 Å². The number of nitrogen functional groups attached to an aromatic ring is 1. The van der Waals surface area contributed by atoms with Crippen molar-refractivity contribution in [2.75, 3.05) is 12.3 Å². The van der Waals surface area contributed by atoms with Crippen LogP contribution in [0.4, 0.5) is 18.9 Å². The number of hydrogen-bond acceptors (Lipinski definition) is 4. The van der Waals surface area contributed by atoms with Gasteiger partial charge < -0.3 is 21.1 Å². The van der Waals surface area contributed by atoms with Crippen molar-refractivity contribution in [2.24, 2.45) is 0 Å². The number of carbonyl (C=O) groups excluding carboxylic acids is 1. The fourth-order valence-corrected chi connectivity index (χ4v) is 2.86. The molecule has 0 saturated heterocycles. The van der Waals surface area contributed by atoms with Crippen LogP contribution in [-0.2, 0) is 11.2 Å². The summed E-state index contributed by atoms with van der Waals surface area (Å²) >= 11 is 0. The van der Waals surface area contributed by atoms with Gasteiger partial charge in [0, 0.05) is 47.4 Å². The molecular weight excluding hydrogens is 401 g/mol. The number of carboxylic acids is 1. The topological polar surface area (TPSA) is 121 Å². The maximum absolute atomic E-state index is 11.9. The van der Waals surface area contributed by atoms with Gasteiger partial charge in [0.1, 0.15) is 0 Å². The number of H-pyrrole nitrogens is 1. The number of fused-ring (bicyclic) bond motifs is 1. The highest BCUT2D eigenvalue weighted by Crippen LogP contribution is 2.27. The minimum atomic E-state index is -5.08. The van der Waals surface area contributed by atoms with Gasteiger partial charge in [0.25, 0.3) is 5.91 Å². The number of aromatic amines is 1. The lowest BCUT2D eigenvalue weighted by atomic mass is 10.1. The van der Waals surface area contributed by atoms with Gasteiger partial charge in [-0.3, -0.25) is 9.78 Å². The van der Waals surface area contributed by atoms with E-state index in [-0.39, 0.29) is 5.91 Å². The molecular formula is C20H17F3N4O3. The van der Waals surface area contributed by atoms with E-state index >= 15 is 0 Å². The van der Waals surface area contributed by atoms with E-state index in [1.54, 1.807) is 6.20 Å². The molecule has 0 atom stereocenters. The fourth-order valence-electron chi connectivity index (χ4n) is 2.86. The summed E-state index contributed by atoms with van der Waals surface area (Å²) in [4.78, 5) is 28.6. The molecule has 0 unspecified atom stereocenters. The van der Waals surface area contributed by atoms with Crippen molar-refractivity contribution in [2.45, 2.75) is 12.6 Å². The largest absolute Gasteiger partial charge is 0.490 e. The lowest BCUT2D eigenvalue weighted by molar-refractivity contribution is -0.192. The van der Waals surface area contributed by atoms with Crippen molar-refractivity contribution >= 4 is 17.6 Å². The van der Waals surface area contributed by atoms with Crippen LogP contribution in [-0.4, -0.2) is 39.7 Å². The van der Waals surface area contributed by atoms with Crippen LogP contribution in [0.5, 0.6) is 0 Å². The normalized spacial score (nSPS) is 13.0. The van der Waals surface area contributed by atoms with Crippen LogP contribution >= 0.6 is 0 Å². The number of amides is 1. The molecule has 2 aromatic heterocycles. The number of carbonyl (C=O) groups is 2. The van der Waals surface area contributed by atoms with Crippen LogP contribution in [0, 0.1) is 0 Å². The monoisotopic (exact) mass is 418 g/mol. The van der Waals surface area contributed by atoms with Crippen molar-refractivity contribution in [1.29, 1.82) is 0 Å². The second-order valence-corrected chi connectivity index (χ2v) is 6.44. The van der Waals surface area contributed by atoms with E-state index in [0.717, 1.165) is 45.9 Å². The molecule has 10 heteroatoms. The number of hydrogen-bond donors (Lipinski definition) is 4. The molecule has 0 aliphatic carbocycles. The first-order valence-electron chi connectivity index (χ1n) is 8.77. The molecule has 1 amide bonds. The van der Waals surface area contributed by atoms with Gasteiger partial charge in [-0.05, 0) is 30.3 Å². The molecule has 0 saturated carbocycles. The Kier molecular flexibility index (Phi) is 5.77. The predicted molar refractivity (Wildman–Crippen MR) is 104 cm³/mol. The van der Waals surface area contributed by atoms with E-state index < -0.39 is 12.1 Å². The average molecular weight is 418 g/mol. The first kappa shape index (κ1) is 20.9. The molecule has 30 heavy (non-hydrogen) atoms. The molecule has 1 aromatic carbocycles. The zero-order valence-electron chi connectivity index (χ0n) is 15.5. The fraction of sp³-hybridized carbons (Fsp3) is 0.150. The Labute approximate surface area is 168 Å². The Balaban J connectivity index is 0.000000318. The standard InChI is InChI=1S/C18H16N4O.C2HF3O2/c19-13-3-1-11(2-4-13)16-9-12(5-7-20-16)17-10-14-15(22-17)6-8-21-18(14)23;3-2(4,5)1(6)7/h1-5,7,9-10,22H,6,8,19H2,(H,21,23);(H,6,7). The van der Waals surface area contributed by atoms with Crippen LogP contribution in [0.3, 0.4) is 0 Å². The highest BCUT2D eigenvalue weighted by molar-refractivity contribution is 5.97. The molecule has 156 valence electrons. The SMILES string of the molecule is Nc1ccc(-c2cc(-c3cc4c([nH]3)CCNC4=O)ccn2)cc1.O=C(O)C(F)(F)F. The lowest BCUT2D eigenvalue weighted by Gasteiger charge is -2.10. The van der Waals surface area contributed by atoms with E-state index in [4.69, 9.17) is 15.6 Å². The van der Waals surface area contributed by atoms with Gasteiger partial charge in [-0.15, -0.1) is 0 Å². The van der Waals surface area contributed by atoms with E-state index in [0.29, 0.717) is 6.54 Å². The Morgan fingerprint density at radius 2 is 1.77 bits per heavy atom. The Morgan fingerprint density at radius 1 is 1.10 bits per heavy atom. The highest BCUT2D eigenvalue weighted by Gasteiger charge is 2.38. The summed E-state index contributed by atoms with van der Waals surface area (Å²) in [5, 5.41) is 9.99. The summed E-state index contributed by atoms with van der Waals surface area (Å²) in [5.74, 6) is -2.77. The van der Waals surface area contributed by atoms with Gasteiger partial charge in [0.15, 0.2) is 0 Å². The van der Waals surface area contributed by atoms with E-state index in [9.17, 15) is 18.0 Å². The number of aromatic nitrogens is 2. The number of nitrogens with zero attached hydrogens (tertiary/aromatic N) is 1. The molecule has 4 rings (SSSR count). The first-order chi connectivity index (χ1) is 14.1. The Hall–Kier alpha value is -3.82. The number of carboxylic acid groups (broad SMARTS) is 1. The number of nitrogens with two attached hydrogens (primary N) is 1. The summed E-state index contributed by atoms with van der Waals surface area (Å²) in [6.45, 7) is 0.679. The molecule has 3 heterocycles. The first-order valence-corrected chi connectivity index (χ1v) is 8.77. The van der Waals surface area contributed by atoms with Crippen molar-refractivity contribution in [3.63, 3.8) is 0 Å². The summed E-state index contributed by atoms with van der Waals surface area (Å²) in [5.41, 5.74) is 12.0. The Bertz CT molecular complexity index is 1080. The summed E-state index contributed by atoms with van der Waals surface area (Å²) in [7, 11) is 0. The van der Waals surface area contributed by atoms with Crippen molar-refractivity contribution < 1.29 is 27.9 Å². The van der Waals surface area contributed by atoms with Gasteiger partial charge in [0.2, 0.25) is 0 Å². The second-order valence-electron chi connectivity index (χ2n) is 6.44.